The van der Waals surface area contributed by atoms with Crippen LogP contribution in [0, 0.1) is 6.92 Å². The third-order valence-electron chi connectivity index (χ3n) is 2.75. The topological polar surface area (TPSA) is 87.0 Å². The molecule has 0 saturated carbocycles. The second kappa shape index (κ2) is 6.39. The third kappa shape index (κ3) is 4.00. The van der Waals surface area contributed by atoms with Gasteiger partial charge in [-0.1, -0.05) is 22.9 Å². The van der Waals surface area contributed by atoms with Crippen molar-refractivity contribution in [3.63, 3.8) is 0 Å². The van der Waals surface area contributed by atoms with Crippen molar-refractivity contribution < 1.29 is 13.2 Å². The SMILES string of the molecule is COCc1nnc(CS(=O)(=O)Cc2c(C)nn(C)c2Cl)s1. The lowest BCUT2D eigenvalue weighted by atomic mass is 10.3. The van der Waals surface area contributed by atoms with Crippen LogP contribution in [0.25, 0.3) is 0 Å². The molecule has 0 spiro atoms. The first-order chi connectivity index (χ1) is 9.82. The Morgan fingerprint density at radius 2 is 1.95 bits per heavy atom. The molecule has 2 rings (SSSR count). The molecular formula is C11H15ClN4O3S2. The molecule has 0 bridgehead atoms. The van der Waals surface area contributed by atoms with Gasteiger partial charge in [0.05, 0.1) is 18.1 Å². The normalized spacial score (nSPS) is 12.0. The number of hydrogen-bond donors (Lipinski definition) is 0. The molecule has 0 fully saturated rings. The Kier molecular flexibility index (Phi) is 4.97. The van der Waals surface area contributed by atoms with Gasteiger partial charge in [0.2, 0.25) is 0 Å². The molecule has 116 valence electrons. The average molecular weight is 351 g/mol. The van der Waals surface area contributed by atoms with E-state index in [1.54, 1.807) is 21.1 Å². The summed E-state index contributed by atoms with van der Waals surface area (Å²) in [4.78, 5) is 0. The summed E-state index contributed by atoms with van der Waals surface area (Å²) in [6, 6.07) is 0. The molecule has 0 N–H and O–H groups in total. The summed E-state index contributed by atoms with van der Waals surface area (Å²) in [5.41, 5.74) is 1.14. The van der Waals surface area contributed by atoms with Crippen molar-refractivity contribution in [2.45, 2.75) is 25.0 Å². The van der Waals surface area contributed by atoms with Crippen LogP contribution < -0.4 is 0 Å². The van der Waals surface area contributed by atoms with E-state index in [4.69, 9.17) is 16.3 Å². The van der Waals surface area contributed by atoms with Crippen LogP contribution >= 0.6 is 22.9 Å². The second-order valence-electron chi connectivity index (χ2n) is 4.53. The number of aryl methyl sites for hydroxylation is 2. The summed E-state index contributed by atoms with van der Waals surface area (Å²) in [5, 5.41) is 13.3. The van der Waals surface area contributed by atoms with Gasteiger partial charge >= 0.3 is 0 Å². The Bertz CT molecular complexity index is 739. The molecule has 2 aromatic heterocycles. The zero-order valence-corrected chi connectivity index (χ0v) is 14.2. The molecule has 2 aromatic rings. The van der Waals surface area contributed by atoms with Crippen LogP contribution in [0.15, 0.2) is 0 Å². The van der Waals surface area contributed by atoms with Gasteiger partial charge in [-0.15, -0.1) is 10.2 Å². The van der Waals surface area contributed by atoms with Crippen molar-refractivity contribution in [2.24, 2.45) is 7.05 Å². The minimum absolute atomic E-state index is 0.162. The lowest BCUT2D eigenvalue weighted by Crippen LogP contribution is -2.08. The quantitative estimate of drug-likeness (QED) is 0.784. The smallest absolute Gasteiger partial charge is 0.161 e. The summed E-state index contributed by atoms with van der Waals surface area (Å²) < 4.78 is 30.9. The first-order valence-corrected chi connectivity index (χ1v) is 9.02. The maximum atomic E-state index is 12.3. The molecule has 0 aliphatic heterocycles. The fourth-order valence-electron chi connectivity index (χ4n) is 1.83. The highest BCUT2D eigenvalue weighted by atomic mass is 35.5. The van der Waals surface area contributed by atoms with Crippen LogP contribution in [0.4, 0.5) is 0 Å². The summed E-state index contributed by atoms with van der Waals surface area (Å²) >= 11 is 7.29. The number of nitrogens with zero attached hydrogens (tertiary/aromatic N) is 4. The molecular weight excluding hydrogens is 336 g/mol. The van der Waals surface area contributed by atoms with Crippen LogP contribution in [0.2, 0.25) is 5.15 Å². The summed E-state index contributed by atoms with van der Waals surface area (Å²) in [5.74, 6) is -0.330. The number of aromatic nitrogens is 4. The standard InChI is InChI=1S/C11H15ClN4O3S2/c1-7-8(11(12)16(2)15-7)5-21(17,18)6-10-14-13-9(20-10)4-19-3/h4-6H2,1-3H3. The highest BCUT2D eigenvalue weighted by Crippen LogP contribution is 2.23. The van der Waals surface area contributed by atoms with Gasteiger partial charge in [-0.05, 0) is 6.92 Å². The minimum Gasteiger partial charge on any atom is -0.377 e. The van der Waals surface area contributed by atoms with E-state index in [0.29, 0.717) is 33.0 Å². The second-order valence-corrected chi connectivity index (χ2v) is 8.10. The van der Waals surface area contributed by atoms with Crippen LogP contribution in [-0.2, 0) is 39.7 Å². The zero-order chi connectivity index (χ0) is 15.6. The van der Waals surface area contributed by atoms with Gasteiger partial charge in [-0.3, -0.25) is 4.68 Å². The molecule has 0 aromatic carbocycles. The molecule has 21 heavy (non-hydrogen) atoms. The summed E-state index contributed by atoms with van der Waals surface area (Å²) in [6.07, 6.45) is 0. The number of ether oxygens (including phenoxy) is 1. The number of methoxy groups -OCH3 is 1. The molecule has 0 amide bonds. The number of rotatable bonds is 6. The minimum atomic E-state index is -3.39. The summed E-state index contributed by atoms with van der Waals surface area (Å²) in [6.45, 7) is 2.06. The van der Waals surface area contributed by atoms with Crippen LogP contribution in [0.5, 0.6) is 0 Å². The number of hydrogen-bond acceptors (Lipinski definition) is 7. The van der Waals surface area contributed by atoms with Gasteiger partial charge in [0.25, 0.3) is 0 Å². The van der Waals surface area contributed by atoms with Crippen molar-refractivity contribution in [3.05, 3.63) is 26.4 Å². The van der Waals surface area contributed by atoms with Gasteiger partial charge < -0.3 is 4.74 Å². The van der Waals surface area contributed by atoms with Crippen LogP contribution in [0.1, 0.15) is 21.3 Å². The van der Waals surface area contributed by atoms with Crippen LogP contribution in [0.3, 0.4) is 0 Å². The van der Waals surface area contributed by atoms with E-state index in [2.05, 4.69) is 15.3 Å². The van der Waals surface area contributed by atoms with Gasteiger partial charge in [-0.2, -0.15) is 5.10 Å². The Morgan fingerprint density at radius 1 is 1.29 bits per heavy atom. The van der Waals surface area contributed by atoms with E-state index in [1.807, 2.05) is 0 Å². The molecule has 0 aliphatic rings. The number of halogens is 1. The molecule has 0 saturated heterocycles. The highest BCUT2D eigenvalue weighted by Gasteiger charge is 2.21. The zero-order valence-electron chi connectivity index (χ0n) is 11.8. The van der Waals surface area contributed by atoms with E-state index >= 15 is 0 Å². The molecule has 0 unspecified atom stereocenters. The predicted octanol–water partition coefficient (Wildman–Crippen LogP) is 1.49. The maximum absolute atomic E-state index is 12.3. The van der Waals surface area contributed by atoms with Crippen molar-refractivity contribution in [3.8, 4) is 0 Å². The molecule has 0 radical (unpaired) electrons. The molecule has 2 heterocycles. The Hall–Kier alpha value is -1.03. The van der Waals surface area contributed by atoms with Gasteiger partial charge in [0.15, 0.2) is 9.84 Å². The first kappa shape index (κ1) is 16.3. The largest absolute Gasteiger partial charge is 0.377 e. The van der Waals surface area contributed by atoms with E-state index < -0.39 is 9.84 Å². The highest BCUT2D eigenvalue weighted by molar-refractivity contribution is 7.90. The fourth-order valence-corrected chi connectivity index (χ4v) is 4.85. The van der Waals surface area contributed by atoms with E-state index in [0.717, 1.165) is 0 Å². The Balaban J connectivity index is 2.14. The average Bonchev–Trinajstić information content (AvgIpc) is 2.90. The van der Waals surface area contributed by atoms with Crippen LogP contribution in [-0.4, -0.2) is 35.5 Å². The Morgan fingerprint density at radius 3 is 2.52 bits per heavy atom. The molecule has 0 atom stereocenters. The van der Waals surface area contributed by atoms with Gasteiger partial charge in [-0.25, -0.2) is 8.42 Å². The van der Waals surface area contributed by atoms with E-state index in [9.17, 15) is 8.42 Å². The molecule has 7 nitrogen and oxygen atoms in total. The predicted molar refractivity (Wildman–Crippen MR) is 79.9 cm³/mol. The van der Waals surface area contributed by atoms with Crippen molar-refractivity contribution in [1.29, 1.82) is 0 Å². The molecule has 0 aliphatic carbocycles. The van der Waals surface area contributed by atoms with Crippen molar-refractivity contribution >= 4 is 32.8 Å². The van der Waals surface area contributed by atoms with E-state index in [-0.39, 0.29) is 11.5 Å². The Labute approximate surface area is 131 Å². The number of sulfone groups is 1. The van der Waals surface area contributed by atoms with Crippen molar-refractivity contribution in [2.75, 3.05) is 7.11 Å². The summed E-state index contributed by atoms with van der Waals surface area (Å²) in [7, 11) is -0.171. The fraction of sp³-hybridized carbons (Fsp3) is 0.545. The van der Waals surface area contributed by atoms with Gasteiger partial charge in [0.1, 0.15) is 20.9 Å². The first-order valence-electron chi connectivity index (χ1n) is 6.01. The lowest BCUT2D eigenvalue weighted by Gasteiger charge is -2.02. The maximum Gasteiger partial charge on any atom is 0.161 e. The lowest BCUT2D eigenvalue weighted by molar-refractivity contribution is 0.184. The van der Waals surface area contributed by atoms with E-state index in [1.165, 1.54) is 16.0 Å². The van der Waals surface area contributed by atoms with Crippen molar-refractivity contribution in [1.82, 2.24) is 20.0 Å². The third-order valence-corrected chi connectivity index (χ3v) is 5.75. The van der Waals surface area contributed by atoms with Gasteiger partial charge in [0, 0.05) is 19.7 Å². The monoisotopic (exact) mass is 350 g/mol. The molecule has 10 heteroatoms.